The molecule has 1 atom stereocenters. The van der Waals surface area contributed by atoms with Gasteiger partial charge in [-0.05, 0) is 7.05 Å². The van der Waals surface area contributed by atoms with Gasteiger partial charge in [0, 0.05) is 26.6 Å². The Bertz CT molecular complexity index is 243. The molecular weight excluding hydrogens is 208 g/mol. The summed E-state index contributed by atoms with van der Waals surface area (Å²) in [7, 11) is 3.27. The third-order valence-corrected chi connectivity index (χ3v) is 2.46. The van der Waals surface area contributed by atoms with Gasteiger partial charge in [-0.1, -0.05) is 13.8 Å². The van der Waals surface area contributed by atoms with Crippen LogP contribution in [0.25, 0.3) is 0 Å². The summed E-state index contributed by atoms with van der Waals surface area (Å²) in [6, 6.07) is -0.448. The highest BCUT2D eigenvalue weighted by Gasteiger charge is 2.33. The molecule has 16 heavy (non-hydrogen) atoms. The number of ether oxygens (including phenoxy) is 1. The first-order valence-electron chi connectivity index (χ1n) is 5.60. The highest BCUT2D eigenvalue weighted by molar-refractivity contribution is 5.83. The van der Waals surface area contributed by atoms with Gasteiger partial charge in [0.1, 0.15) is 6.04 Å². The molecule has 1 aliphatic heterocycles. The minimum absolute atomic E-state index is 0.0755. The average Bonchev–Trinajstić information content (AvgIpc) is 2.30. The molecule has 0 aromatic carbocycles. The summed E-state index contributed by atoms with van der Waals surface area (Å²) >= 11 is 0. The number of piperazine rings is 1. The molecule has 5 heteroatoms. The Morgan fingerprint density at radius 3 is 2.25 bits per heavy atom. The zero-order valence-corrected chi connectivity index (χ0v) is 10.8. The predicted molar refractivity (Wildman–Crippen MR) is 62.0 cm³/mol. The van der Waals surface area contributed by atoms with Gasteiger partial charge in [-0.25, -0.2) is 4.79 Å². The van der Waals surface area contributed by atoms with E-state index in [0.717, 1.165) is 6.54 Å². The number of likely N-dealkylation sites (N-methyl/N-ethyl adjacent to an activating group) is 1. The van der Waals surface area contributed by atoms with Crippen LogP contribution in [0.5, 0.6) is 0 Å². The van der Waals surface area contributed by atoms with Crippen LogP contribution in [0.1, 0.15) is 20.8 Å². The number of nitrogens with zero attached hydrogens (tertiary/aromatic N) is 2. The quantitative estimate of drug-likeness (QED) is 0.610. The summed E-state index contributed by atoms with van der Waals surface area (Å²) in [6.07, 6.45) is 0. The first-order chi connectivity index (χ1) is 7.56. The molecule has 1 heterocycles. The molecule has 0 bridgehead atoms. The normalized spacial score (nSPS) is 20.8. The molecule has 94 valence electrons. The van der Waals surface area contributed by atoms with Crippen LogP contribution in [0.4, 0.5) is 0 Å². The fourth-order valence-corrected chi connectivity index (χ4v) is 1.63. The number of hydrogen-bond donors (Lipinski definition) is 0. The van der Waals surface area contributed by atoms with Crippen LogP contribution < -0.4 is 0 Å². The molecule has 1 unspecified atom stereocenters. The van der Waals surface area contributed by atoms with E-state index >= 15 is 0 Å². The van der Waals surface area contributed by atoms with Crippen LogP contribution in [0.3, 0.4) is 0 Å². The standard InChI is InChI=1S/C9H16N2O3.C2H6/c1-7(12)11-5-4-10(2)6-8(11)9(13)14-3;1-2/h8H,4-6H2,1-3H3;1-2H3. The number of rotatable bonds is 1. The Morgan fingerprint density at radius 2 is 1.81 bits per heavy atom. The molecule has 1 fully saturated rings. The summed E-state index contributed by atoms with van der Waals surface area (Å²) in [5.74, 6) is -0.416. The maximum atomic E-state index is 11.4. The van der Waals surface area contributed by atoms with Gasteiger partial charge in [0.05, 0.1) is 7.11 Å². The summed E-state index contributed by atoms with van der Waals surface area (Å²) in [5, 5.41) is 0. The molecule has 0 N–H and O–H groups in total. The highest BCUT2D eigenvalue weighted by Crippen LogP contribution is 2.09. The molecule has 0 aromatic heterocycles. The second-order valence-corrected chi connectivity index (χ2v) is 3.51. The van der Waals surface area contributed by atoms with Crippen molar-refractivity contribution >= 4 is 11.9 Å². The molecule has 1 amide bonds. The SMILES string of the molecule is CC.COC(=O)C1CN(C)CCN1C(C)=O. The van der Waals surface area contributed by atoms with Crippen LogP contribution in [-0.4, -0.2) is 61.5 Å². The van der Waals surface area contributed by atoms with Crippen molar-refractivity contribution in [1.29, 1.82) is 0 Å². The van der Waals surface area contributed by atoms with Crippen molar-refractivity contribution in [2.75, 3.05) is 33.8 Å². The van der Waals surface area contributed by atoms with Crippen molar-refractivity contribution in [2.45, 2.75) is 26.8 Å². The van der Waals surface area contributed by atoms with Crippen LogP contribution in [0.15, 0.2) is 0 Å². The number of carbonyl (C=O) groups is 2. The average molecular weight is 230 g/mol. The second kappa shape index (κ2) is 7.22. The lowest BCUT2D eigenvalue weighted by Crippen LogP contribution is -2.57. The van der Waals surface area contributed by atoms with Crippen molar-refractivity contribution in [3.05, 3.63) is 0 Å². The predicted octanol–water partition coefficient (Wildman–Crippen LogP) is 0.348. The summed E-state index contributed by atoms with van der Waals surface area (Å²) in [6.45, 7) is 7.41. The molecule has 0 radical (unpaired) electrons. The fourth-order valence-electron chi connectivity index (χ4n) is 1.63. The van der Waals surface area contributed by atoms with Crippen molar-refractivity contribution in [3.8, 4) is 0 Å². The van der Waals surface area contributed by atoms with Gasteiger partial charge in [-0.3, -0.25) is 4.79 Å². The maximum absolute atomic E-state index is 11.4. The molecule has 1 aliphatic rings. The Kier molecular flexibility index (Phi) is 6.72. The van der Waals surface area contributed by atoms with E-state index in [-0.39, 0.29) is 11.9 Å². The van der Waals surface area contributed by atoms with E-state index in [1.165, 1.54) is 14.0 Å². The third-order valence-electron chi connectivity index (χ3n) is 2.46. The van der Waals surface area contributed by atoms with E-state index in [1.807, 2.05) is 25.8 Å². The van der Waals surface area contributed by atoms with Crippen molar-refractivity contribution in [2.24, 2.45) is 0 Å². The number of amides is 1. The van der Waals surface area contributed by atoms with E-state index < -0.39 is 6.04 Å². The molecule has 0 aromatic rings. The molecule has 1 rings (SSSR count). The number of hydrogen-bond acceptors (Lipinski definition) is 4. The topological polar surface area (TPSA) is 49.9 Å². The van der Waals surface area contributed by atoms with E-state index in [9.17, 15) is 9.59 Å². The molecule has 0 spiro atoms. The number of esters is 1. The Hall–Kier alpha value is -1.10. The van der Waals surface area contributed by atoms with Gasteiger partial charge < -0.3 is 14.5 Å². The van der Waals surface area contributed by atoms with Crippen LogP contribution >= 0.6 is 0 Å². The Labute approximate surface area is 97.3 Å². The van der Waals surface area contributed by atoms with E-state index in [2.05, 4.69) is 4.74 Å². The Morgan fingerprint density at radius 1 is 1.25 bits per heavy atom. The van der Waals surface area contributed by atoms with E-state index in [4.69, 9.17) is 0 Å². The lowest BCUT2D eigenvalue weighted by molar-refractivity contribution is -0.155. The molecule has 0 aliphatic carbocycles. The van der Waals surface area contributed by atoms with E-state index in [1.54, 1.807) is 4.90 Å². The van der Waals surface area contributed by atoms with Gasteiger partial charge in [0.25, 0.3) is 0 Å². The van der Waals surface area contributed by atoms with Gasteiger partial charge in [0.2, 0.25) is 5.91 Å². The highest BCUT2D eigenvalue weighted by atomic mass is 16.5. The zero-order chi connectivity index (χ0) is 12.7. The first kappa shape index (κ1) is 14.9. The minimum atomic E-state index is -0.448. The molecule has 5 nitrogen and oxygen atoms in total. The summed E-state index contributed by atoms with van der Waals surface area (Å²) in [4.78, 5) is 26.2. The van der Waals surface area contributed by atoms with E-state index in [0.29, 0.717) is 13.1 Å². The van der Waals surface area contributed by atoms with Gasteiger partial charge >= 0.3 is 5.97 Å². The molecular formula is C11H22N2O3. The lowest BCUT2D eigenvalue weighted by Gasteiger charge is -2.37. The monoisotopic (exact) mass is 230 g/mol. The largest absolute Gasteiger partial charge is 0.467 e. The van der Waals surface area contributed by atoms with Crippen LogP contribution in [0.2, 0.25) is 0 Å². The van der Waals surface area contributed by atoms with Crippen LogP contribution in [0, 0.1) is 0 Å². The number of methoxy groups -OCH3 is 1. The number of carbonyl (C=O) groups excluding carboxylic acids is 2. The van der Waals surface area contributed by atoms with Crippen LogP contribution in [-0.2, 0) is 14.3 Å². The molecule has 0 saturated carbocycles. The smallest absolute Gasteiger partial charge is 0.329 e. The minimum Gasteiger partial charge on any atom is -0.467 e. The maximum Gasteiger partial charge on any atom is 0.329 e. The summed E-state index contributed by atoms with van der Waals surface area (Å²) < 4.78 is 4.66. The first-order valence-corrected chi connectivity index (χ1v) is 5.60. The van der Waals surface area contributed by atoms with Gasteiger partial charge in [0.15, 0.2) is 0 Å². The van der Waals surface area contributed by atoms with Crippen molar-refractivity contribution in [3.63, 3.8) is 0 Å². The van der Waals surface area contributed by atoms with Crippen molar-refractivity contribution in [1.82, 2.24) is 9.80 Å². The van der Waals surface area contributed by atoms with Gasteiger partial charge in [-0.15, -0.1) is 0 Å². The van der Waals surface area contributed by atoms with Crippen molar-refractivity contribution < 1.29 is 14.3 Å². The fraction of sp³-hybridized carbons (Fsp3) is 0.818. The molecule has 1 saturated heterocycles. The summed E-state index contributed by atoms with van der Waals surface area (Å²) in [5.41, 5.74) is 0. The lowest BCUT2D eigenvalue weighted by atomic mass is 10.2. The zero-order valence-electron chi connectivity index (χ0n) is 10.8. The second-order valence-electron chi connectivity index (χ2n) is 3.51. The Balaban J connectivity index is 0.00000106. The van der Waals surface area contributed by atoms with Gasteiger partial charge in [-0.2, -0.15) is 0 Å². The third kappa shape index (κ3) is 3.81.